The molecule has 0 saturated carbocycles. The smallest absolute Gasteiger partial charge is 0.337 e. The number of methoxy groups -OCH3 is 2. The van der Waals surface area contributed by atoms with Crippen molar-refractivity contribution in [3.05, 3.63) is 150 Å². The van der Waals surface area contributed by atoms with Gasteiger partial charge in [0.25, 0.3) is 0 Å². The Morgan fingerprint density at radius 1 is 0.562 bits per heavy atom. The Morgan fingerprint density at radius 3 is 1.28 bits per heavy atom. The number of hydrogen-bond donors (Lipinski definition) is 4. The second kappa shape index (κ2) is 32.3. The number of nitrogens with zero attached hydrogens (tertiary/aromatic N) is 12. The molecule has 3 saturated heterocycles. The molecule has 23 nitrogen and oxygen atoms in total. The zero-order valence-corrected chi connectivity index (χ0v) is 59.3. The van der Waals surface area contributed by atoms with Crippen molar-refractivity contribution < 1.29 is 59.4 Å². The molecule has 8 aromatic heterocycles. The molecule has 14 rings (SSSR count). The maximum Gasteiger partial charge on any atom is 0.337 e. The van der Waals surface area contributed by atoms with Crippen LogP contribution in [0.3, 0.4) is 0 Å². The molecular formula is C71H85ClN15O8W-. The number of benzene rings is 3. The van der Waals surface area contributed by atoms with Gasteiger partial charge in [-0.3, -0.25) is 0 Å². The first-order valence-electron chi connectivity index (χ1n) is 31.2. The van der Waals surface area contributed by atoms with E-state index in [1.54, 1.807) is 27.6 Å². The minimum Gasteiger partial charge on any atom is -0.465 e. The first-order valence-corrected chi connectivity index (χ1v) is 31.5. The van der Waals surface area contributed by atoms with Crippen molar-refractivity contribution in [2.24, 2.45) is 14.1 Å². The van der Waals surface area contributed by atoms with E-state index in [1.807, 2.05) is 115 Å². The van der Waals surface area contributed by atoms with Crippen molar-refractivity contribution in [3.8, 4) is 56.3 Å². The quantitative estimate of drug-likeness (QED) is 0.0693. The molecule has 3 fully saturated rings. The fourth-order valence-corrected chi connectivity index (χ4v) is 12.5. The average Bonchev–Trinajstić information content (AvgIpc) is 1.61. The van der Waals surface area contributed by atoms with Crippen molar-refractivity contribution in [2.75, 3.05) is 88.2 Å². The van der Waals surface area contributed by atoms with Gasteiger partial charge in [0.2, 0.25) is 0 Å². The Kier molecular flexibility index (Phi) is 24.5. The van der Waals surface area contributed by atoms with Crippen LogP contribution in [-0.4, -0.2) is 169 Å². The number of fused-ring (bicyclic) bond motifs is 3. The van der Waals surface area contributed by atoms with E-state index in [9.17, 15) is 14.7 Å². The van der Waals surface area contributed by atoms with Crippen LogP contribution in [-0.2, 0) is 65.5 Å². The molecule has 0 spiro atoms. The summed E-state index contributed by atoms with van der Waals surface area (Å²) in [7, 11) is 6.55. The molecule has 96 heavy (non-hydrogen) atoms. The number of esters is 2. The zero-order chi connectivity index (χ0) is 65.6. The maximum atomic E-state index is 12.4. The molecule has 506 valence electrons. The monoisotopic (exact) mass is 1490 g/mol. The largest absolute Gasteiger partial charge is 0.465 e. The number of ether oxygens (including phenoxy) is 5. The summed E-state index contributed by atoms with van der Waals surface area (Å²) >= 11 is 6.42. The van der Waals surface area contributed by atoms with E-state index in [2.05, 4.69) is 89.2 Å². The van der Waals surface area contributed by atoms with Crippen LogP contribution in [0.1, 0.15) is 79.7 Å². The SMILES string of the molecule is C.CC.COC(=O)c1cc(-c2cc(-c3c(C)nnn3C)cc(N3CCOC[C@H]3C)n2)c2cc[nH]c2c1.COC(=O)c1cc(-c2cc(Cl)cc(N3CCOC[C@H]3C)n2)c2cc[nH]c2c1.Cc1nnn(C)c1-c1cc(-c2cc(CO)cc3[nH]ccc23)nc(N2CCOC[C@H]2C)c1.[CH3-].[W]. The fourth-order valence-electron chi connectivity index (χ4n) is 12.3. The minimum absolute atomic E-state index is 0. The number of halogens is 1. The molecular weight excluding hydrogens is 1410 g/mol. The number of carbonyl (C=O) groups excluding carboxylic acids is 2. The number of pyridine rings is 3. The van der Waals surface area contributed by atoms with Gasteiger partial charge < -0.3 is 65.9 Å². The predicted octanol–water partition coefficient (Wildman–Crippen LogP) is 12.4. The number of carbonyl (C=O) groups is 2. The summed E-state index contributed by atoms with van der Waals surface area (Å²) in [6, 6.07) is 29.8. The molecule has 3 aliphatic rings. The average molecular weight is 1500 g/mol. The van der Waals surface area contributed by atoms with Crippen LogP contribution in [0.4, 0.5) is 17.5 Å². The van der Waals surface area contributed by atoms with Crippen molar-refractivity contribution in [1.29, 1.82) is 0 Å². The molecule has 0 aliphatic carbocycles. The van der Waals surface area contributed by atoms with Crippen LogP contribution in [0, 0.1) is 21.3 Å². The first kappa shape index (κ1) is 73.0. The Hall–Kier alpha value is -8.83. The van der Waals surface area contributed by atoms with Crippen LogP contribution in [0.25, 0.3) is 89.0 Å². The van der Waals surface area contributed by atoms with Crippen molar-refractivity contribution in [1.82, 2.24) is 59.9 Å². The van der Waals surface area contributed by atoms with Crippen molar-refractivity contribution in [2.45, 2.75) is 80.6 Å². The summed E-state index contributed by atoms with van der Waals surface area (Å²) in [5.74, 6) is 1.78. The van der Waals surface area contributed by atoms with E-state index in [1.165, 1.54) is 14.2 Å². The number of aromatic nitrogens is 12. The van der Waals surface area contributed by atoms with E-state index in [4.69, 9.17) is 50.2 Å². The van der Waals surface area contributed by atoms with Gasteiger partial charge in [0.1, 0.15) is 17.5 Å². The molecule has 3 aliphatic heterocycles. The van der Waals surface area contributed by atoms with E-state index < -0.39 is 11.9 Å². The molecule has 0 amide bonds. The van der Waals surface area contributed by atoms with Gasteiger partial charge >= 0.3 is 11.9 Å². The van der Waals surface area contributed by atoms with Gasteiger partial charge in [-0.2, -0.15) is 0 Å². The molecule has 3 aromatic carbocycles. The molecule has 0 radical (unpaired) electrons. The number of rotatable bonds is 11. The molecule has 25 heteroatoms. The number of aryl methyl sites for hydroxylation is 4. The van der Waals surface area contributed by atoms with E-state index >= 15 is 0 Å². The Bertz CT molecular complexity index is 4450. The van der Waals surface area contributed by atoms with Gasteiger partial charge in [-0.15, -0.1) is 10.2 Å². The number of aliphatic hydroxyl groups is 1. The molecule has 4 N–H and O–H groups in total. The number of aliphatic hydroxyl groups excluding tert-OH is 1. The van der Waals surface area contributed by atoms with Gasteiger partial charge in [-0.05, 0) is 131 Å². The van der Waals surface area contributed by atoms with Crippen LogP contribution >= 0.6 is 11.6 Å². The van der Waals surface area contributed by atoms with Crippen LogP contribution in [0.5, 0.6) is 0 Å². The zero-order valence-electron chi connectivity index (χ0n) is 55.7. The summed E-state index contributed by atoms with van der Waals surface area (Å²) < 4.78 is 30.3. The number of anilines is 3. The standard InChI is InChI=1S/C24H26N6O3.C23H26N6O2.C20H20ClN3O3.C2H6.CH4.CH3.W/c1-14-13-33-8-7-30(14)22-12-16(23-15(2)27-28-29(23)3)10-21(26-22)19-9-17(24(31)32-4)11-20-18(19)5-6-25-20;1-14-13-31-7-6-29(14)22-11-17(23-15(2)26-27-28(23)3)10-21(25-22)19-8-16(12-30)9-20-18(19)4-5-24-20;1-12-11-27-6-5-24(12)19-10-14(21)9-18(23-19)16-7-13(20(25)26-2)8-17-15(16)3-4-22-17;1-2;;;/h5-6,9-12,14,25H,7-8,13H2,1-4H3;4-5,8-11,14,24,30H,6-7,12-13H2,1-3H3;3-4,7-10,12,22H,5-6,11H2,1-2H3;1-2H3;1H4;1H3;/q;;;;;-1;/t2*14-;12-;;;;/m111..../s1. The van der Waals surface area contributed by atoms with Gasteiger partial charge in [0, 0.05) is 139 Å². The number of hydrogen-bond acceptors (Lipinski definition) is 18. The van der Waals surface area contributed by atoms with Crippen LogP contribution in [0.2, 0.25) is 5.02 Å². The Morgan fingerprint density at radius 2 is 0.927 bits per heavy atom. The van der Waals surface area contributed by atoms with Crippen molar-refractivity contribution >= 4 is 73.7 Å². The van der Waals surface area contributed by atoms with Gasteiger partial charge in [0.15, 0.2) is 0 Å². The van der Waals surface area contributed by atoms with Crippen LogP contribution < -0.4 is 14.7 Å². The summed E-state index contributed by atoms with van der Waals surface area (Å²) in [6.45, 7) is 20.5. The predicted molar refractivity (Wildman–Crippen MR) is 375 cm³/mol. The van der Waals surface area contributed by atoms with Gasteiger partial charge in [0.05, 0.1) is 130 Å². The summed E-state index contributed by atoms with van der Waals surface area (Å²) in [6.07, 6.45) is 5.61. The fraction of sp³-hybridized carbons (Fsp3) is 0.352. The molecule has 11 aromatic rings. The third-order valence-corrected chi connectivity index (χ3v) is 17.1. The number of aromatic amines is 3. The number of nitrogens with one attached hydrogen (secondary N) is 3. The van der Waals surface area contributed by atoms with Crippen LogP contribution in [0.15, 0.2) is 110 Å². The summed E-state index contributed by atoms with van der Waals surface area (Å²) in [5, 5.41) is 30.3. The normalized spacial score (nSPS) is 16.0. The molecule has 0 unspecified atom stereocenters. The maximum absolute atomic E-state index is 12.4. The minimum atomic E-state index is -0.392. The third-order valence-electron chi connectivity index (χ3n) is 16.8. The number of H-pyrrole nitrogens is 3. The van der Waals surface area contributed by atoms with Gasteiger partial charge in [-0.25, -0.2) is 33.9 Å². The summed E-state index contributed by atoms with van der Waals surface area (Å²) in [5.41, 5.74) is 15.0. The van der Waals surface area contributed by atoms with E-state index in [0.29, 0.717) is 61.5 Å². The second-order valence-corrected chi connectivity index (χ2v) is 23.5. The first-order chi connectivity index (χ1) is 45.1. The summed E-state index contributed by atoms with van der Waals surface area (Å²) in [4.78, 5) is 55.8. The number of morpholine rings is 3. The molecule has 3 atom stereocenters. The Labute approximate surface area is 579 Å². The molecule has 0 bridgehead atoms. The van der Waals surface area contributed by atoms with E-state index in [0.717, 1.165) is 137 Å². The molecule has 11 heterocycles. The third kappa shape index (κ3) is 15.4. The topological polar surface area (TPSA) is 258 Å². The van der Waals surface area contributed by atoms with Gasteiger partial charge in [-0.1, -0.05) is 43.3 Å². The Balaban J connectivity index is 0.000000180. The second-order valence-electron chi connectivity index (χ2n) is 23.0. The van der Waals surface area contributed by atoms with Crippen molar-refractivity contribution in [3.63, 3.8) is 0 Å². The van der Waals surface area contributed by atoms with E-state index in [-0.39, 0.29) is 60.7 Å².